The van der Waals surface area contributed by atoms with Crippen molar-refractivity contribution in [3.05, 3.63) is 35.9 Å². The maximum Gasteiger partial charge on any atom is 0.164 e. The molecule has 3 aromatic rings. The second kappa shape index (κ2) is 6.22. The van der Waals surface area contributed by atoms with Crippen LogP contribution in [0.5, 0.6) is 0 Å². The number of ether oxygens (including phenoxy) is 1. The molecule has 0 aliphatic carbocycles. The fraction of sp³-hybridized carbons (Fsp3) is 0.333. The predicted molar refractivity (Wildman–Crippen MR) is 94.2 cm³/mol. The zero-order chi connectivity index (χ0) is 16.5. The third-order valence-electron chi connectivity index (χ3n) is 4.63. The van der Waals surface area contributed by atoms with Crippen LogP contribution >= 0.6 is 0 Å². The zero-order valence-electron chi connectivity index (χ0n) is 13.4. The molecule has 0 unspecified atom stereocenters. The number of fused-ring (bicyclic) bond motifs is 2. The Morgan fingerprint density at radius 2 is 2.04 bits per heavy atom. The molecule has 1 aromatic heterocycles. The van der Waals surface area contributed by atoms with Gasteiger partial charge < -0.3 is 10.5 Å². The Hall–Kier alpha value is -2.44. The molecule has 24 heavy (non-hydrogen) atoms. The number of nitrogens with one attached hydrogen (secondary N) is 1. The molecule has 4 rings (SSSR count). The van der Waals surface area contributed by atoms with Gasteiger partial charge in [-0.25, -0.2) is 0 Å². The van der Waals surface area contributed by atoms with Crippen LogP contribution in [0.3, 0.4) is 0 Å². The van der Waals surface area contributed by atoms with Crippen LogP contribution in [-0.2, 0) is 4.74 Å². The van der Waals surface area contributed by atoms with Gasteiger partial charge in [0.2, 0.25) is 0 Å². The van der Waals surface area contributed by atoms with Gasteiger partial charge in [0.05, 0.1) is 18.7 Å². The summed E-state index contributed by atoms with van der Waals surface area (Å²) < 4.78 is 5.33. The lowest BCUT2D eigenvalue weighted by atomic mass is 10.0. The summed E-state index contributed by atoms with van der Waals surface area (Å²) in [5, 5.41) is 9.93. The van der Waals surface area contributed by atoms with Gasteiger partial charge >= 0.3 is 0 Å². The largest absolute Gasteiger partial charge is 0.382 e. The number of aromatic amines is 1. The molecule has 1 aliphatic rings. The van der Waals surface area contributed by atoms with E-state index in [1.54, 1.807) is 0 Å². The number of nitrogen functional groups attached to an aromatic ring is 1. The molecule has 0 bridgehead atoms. The highest BCUT2D eigenvalue weighted by Crippen LogP contribution is 2.26. The molecule has 0 saturated carbocycles. The van der Waals surface area contributed by atoms with Gasteiger partial charge in [0.1, 0.15) is 0 Å². The van der Waals surface area contributed by atoms with E-state index in [0.717, 1.165) is 60.1 Å². The van der Waals surface area contributed by atoms with Gasteiger partial charge in [-0.2, -0.15) is 5.10 Å². The SMILES string of the molecule is Nc1n[nH]c2cc3cc(C(=O)CCN4CCOCC4)ccc3cc12. The van der Waals surface area contributed by atoms with Gasteiger partial charge in [-0.1, -0.05) is 12.1 Å². The molecule has 1 aliphatic heterocycles. The Morgan fingerprint density at radius 3 is 2.88 bits per heavy atom. The molecule has 2 heterocycles. The quantitative estimate of drug-likeness (QED) is 0.719. The number of carbonyl (C=O) groups excluding carboxylic acids is 1. The monoisotopic (exact) mass is 324 g/mol. The minimum absolute atomic E-state index is 0.174. The molecular weight excluding hydrogens is 304 g/mol. The maximum absolute atomic E-state index is 12.5. The number of rotatable bonds is 4. The van der Waals surface area contributed by atoms with Crippen molar-refractivity contribution in [3.8, 4) is 0 Å². The average Bonchev–Trinajstić information content (AvgIpc) is 2.98. The Balaban J connectivity index is 1.55. The lowest BCUT2D eigenvalue weighted by Gasteiger charge is -2.26. The maximum atomic E-state index is 12.5. The van der Waals surface area contributed by atoms with Crippen molar-refractivity contribution in [2.75, 3.05) is 38.6 Å². The molecule has 3 N–H and O–H groups in total. The molecule has 6 nitrogen and oxygen atoms in total. The van der Waals surface area contributed by atoms with Crippen LogP contribution in [0.1, 0.15) is 16.8 Å². The summed E-state index contributed by atoms with van der Waals surface area (Å²) in [6, 6.07) is 9.82. The number of anilines is 1. The van der Waals surface area contributed by atoms with E-state index in [4.69, 9.17) is 10.5 Å². The first kappa shape index (κ1) is 15.1. The summed E-state index contributed by atoms with van der Waals surface area (Å²) in [6.07, 6.45) is 0.532. The van der Waals surface area contributed by atoms with Gasteiger partial charge in [-0.3, -0.25) is 14.8 Å². The first-order chi connectivity index (χ1) is 11.7. The highest BCUT2D eigenvalue weighted by Gasteiger charge is 2.14. The van der Waals surface area contributed by atoms with Crippen molar-refractivity contribution < 1.29 is 9.53 Å². The Kier molecular flexibility index (Phi) is 3.92. The van der Waals surface area contributed by atoms with E-state index in [9.17, 15) is 4.79 Å². The van der Waals surface area contributed by atoms with Crippen molar-refractivity contribution in [3.63, 3.8) is 0 Å². The van der Waals surface area contributed by atoms with E-state index >= 15 is 0 Å². The molecule has 0 spiro atoms. The van der Waals surface area contributed by atoms with Crippen molar-refractivity contribution >= 4 is 33.3 Å². The van der Waals surface area contributed by atoms with E-state index < -0.39 is 0 Å². The van der Waals surface area contributed by atoms with Crippen LogP contribution in [0.4, 0.5) is 5.82 Å². The molecule has 0 amide bonds. The molecule has 1 fully saturated rings. The molecule has 1 saturated heterocycles. The number of benzene rings is 2. The number of Topliss-reactive ketones (excluding diaryl/α,β-unsaturated/α-hetero) is 1. The van der Waals surface area contributed by atoms with Crippen LogP contribution in [-0.4, -0.2) is 53.7 Å². The highest BCUT2D eigenvalue weighted by molar-refractivity contribution is 6.04. The predicted octanol–water partition coefficient (Wildman–Crippen LogP) is 2.20. The number of aromatic nitrogens is 2. The molecule has 2 aromatic carbocycles. The van der Waals surface area contributed by atoms with Gasteiger partial charge in [-0.15, -0.1) is 0 Å². The molecule has 124 valence electrons. The minimum Gasteiger partial charge on any atom is -0.382 e. The zero-order valence-corrected chi connectivity index (χ0v) is 13.4. The summed E-state index contributed by atoms with van der Waals surface area (Å²) in [7, 11) is 0. The van der Waals surface area contributed by atoms with Gasteiger partial charge in [0.25, 0.3) is 0 Å². The van der Waals surface area contributed by atoms with Crippen LogP contribution in [0, 0.1) is 0 Å². The number of nitrogens with zero attached hydrogens (tertiary/aromatic N) is 2. The summed E-state index contributed by atoms with van der Waals surface area (Å²) in [6.45, 7) is 4.12. The second-order valence-corrected chi connectivity index (χ2v) is 6.20. The smallest absolute Gasteiger partial charge is 0.164 e. The number of morpholine rings is 1. The normalized spacial score (nSPS) is 16.0. The van der Waals surface area contributed by atoms with Crippen LogP contribution in [0.15, 0.2) is 30.3 Å². The Bertz CT molecular complexity index is 897. The third-order valence-corrected chi connectivity index (χ3v) is 4.63. The molecule has 0 atom stereocenters. The van der Waals surface area contributed by atoms with E-state index in [2.05, 4.69) is 15.1 Å². The Morgan fingerprint density at radius 1 is 1.21 bits per heavy atom. The second-order valence-electron chi connectivity index (χ2n) is 6.20. The fourth-order valence-corrected chi connectivity index (χ4v) is 3.19. The topological polar surface area (TPSA) is 84.2 Å². The number of carbonyl (C=O) groups is 1. The van der Waals surface area contributed by atoms with Crippen molar-refractivity contribution in [1.29, 1.82) is 0 Å². The number of H-pyrrole nitrogens is 1. The highest BCUT2D eigenvalue weighted by atomic mass is 16.5. The van der Waals surface area contributed by atoms with E-state index in [1.165, 1.54) is 0 Å². The van der Waals surface area contributed by atoms with Crippen LogP contribution < -0.4 is 5.73 Å². The summed E-state index contributed by atoms with van der Waals surface area (Å²) in [5.41, 5.74) is 7.49. The summed E-state index contributed by atoms with van der Waals surface area (Å²) in [5.74, 6) is 0.671. The van der Waals surface area contributed by atoms with Crippen LogP contribution in [0.25, 0.3) is 21.7 Å². The van der Waals surface area contributed by atoms with Crippen molar-refractivity contribution in [1.82, 2.24) is 15.1 Å². The van der Waals surface area contributed by atoms with Gasteiger partial charge in [0.15, 0.2) is 11.6 Å². The van der Waals surface area contributed by atoms with E-state index in [1.807, 2.05) is 30.3 Å². The Labute approximate surface area is 139 Å². The van der Waals surface area contributed by atoms with Crippen molar-refractivity contribution in [2.45, 2.75) is 6.42 Å². The lowest BCUT2D eigenvalue weighted by Crippen LogP contribution is -2.37. The number of hydrogen-bond acceptors (Lipinski definition) is 5. The third kappa shape index (κ3) is 2.86. The minimum atomic E-state index is 0.174. The van der Waals surface area contributed by atoms with E-state index in [0.29, 0.717) is 12.2 Å². The first-order valence-electron chi connectivity index (χ1n) is 8.21. The van der Waals surface area contributed by atoms with Gasteiger partial charge in [-0.05, 0) is 29.0 Å². The summed E-state index contributed by atoms with van der Waals surface area (Å²) in [4.78, 5) is 14.8. The first-order valence-corrected chi connectivity index (χ1v) is 8.21. The molecule has 0 radical (unpaired) electrons. The average molecular weight is 324 g/mol. The molecule has 6 heteroatoms. The fourth-order valence-electron chi connectivity index (χ4n) is 3.19. The summed E-state index contributed by atoms with van der Waals surface area (Å²) >= 11 is 0. The van der Waals surface area contributed by atoms with Crippen molar-refractivity contribution in [2.24, 2.45) is 0 Å². The number of ketones is 1. The van der Waals surface area contributed by atoms with Crippen LogP contribution in [0.2, 0.25) is 0 Å². The number of nitrogens with two attached hydrogens (primary N) is 1. The van der Waals surface area contributed by atoms with Gasteiger partial charge in [0, 0.05) is 37.0 Å². The number of hydrogen-bond donors (Lipinski definition) is 2. The molecular formula is C18H20N4O2. The van der Waals surface area contributed by atoms with E-state index in [-0.39, 0.29) is 5.78 Å². The standard InChI is InChI=1S/C18H20N4O2/c19-18-15-10-12-1-2-13(9-14(12)11-16(15)20-21-18)17(23)3-4-22-5-7-24-8-6-22/h1-2,9-11H,3-8H2,(H3,19,20,21). The lowest BCUT2D eigenvalue weighted by molar-refractivity contribution is 0.0370.